The van der Waals surface area contributed by atoms with E-state index in [-0.39, 0.29) is 11.6 Å². The van der Waals surface area contributed by atoms with Crippen molar-refractivity contribution in [3.63, 3.8) is 0 Å². The highest BCUT2D eigenvalue weighted by atomic mass is 19.4. The second-order valence-corrected chi connectivity index (χ2v) is 7.98. The molecule has 5 nitrogen and oxygen atoms in total. The average Bonchev–Trinajstić information content (AvgIpc) is 3.29. The number of amides is 1. The standard InChI is InChI=1S/C22H25F6N3O2/c23-21(24,25)17-10-15(11-18(12-17)22(26,27)28)13-30-20(32)19(16-4-9-33-14-16)29-5-8-31-6-2-1-3-7-31/h4,9-12,14,19,29H,1-3,5-8,13H2,(H,30,32). The lowest BCUT2D eigenvalue weighted by atomic mass is 10.0. The van der Waals surface area contributed by atoms with Crippen molar-refractivity contribution in [1.29, 1.82) is 0 Å². The predicted octanol–water partition coefficient (Wildman–Crippen LogP) is 4.75. The summed E-state index contributed by atoms with van der Waals surface area (Å²) in [5.74, 6) is -0.582. The van der Waals surface area contributed by atoms with Crippen LogP contribution in [0.3, 0.4) is 0 Å². The van der Waals surface area contributed by atoms with Gasteiger partial charge in [0, 0.05) is 25.2 Å². The number of furan rings is 1. The van der Waals surface area contributed by atoms with Crippen LogP contribution in [0.4, 0.5) is 26.3 Å². The Labute approximate surface area is 187 Å². The Bertz CT molecular complexity index is 874. The molecule has 1 atom stereocenters. The molecule has 1 saturated heterocycles. The van der Waals surface area contributed by atoms with Gasteiger partial charge in [-0.25, -0.2) is 0 Å². The first-order valence-corrected chi connectivity index (χ1v) is 10.6. The van der Waals surface area contributed by atoms with Crippen LogP contribution in [0, 0.1) is 0 Å². The first-order valence-electron chi connectivity index (χ1n) is 10.6. The molecule has 3 rings (SSSR count). The van der Waals surface area contributed by atoms with Crippen molar-refractivity contribution in [3.8, 4) is 0 Å². The van der Waals surface area contributed by atoms with Crippen LogP contribution in [0.15, 0.2) is 41.2 Å². The van der Waals surface area contributed by atoms with Crippen LogP contribution < -0.4 is 10.6 Å². The van der Waals surface area contributed by atoms with E-state index in [1.165, 1.54) is 18.9 Å². The summed E-state index contributed by atoms with van der Waals surface area (Å²) in [7, 11) is 0. The SMILES string of the molecule is O=C(NCc1cc(C(F)(F)F)cc(C(F)(F)F)c1)C(NCCN1CCCCC1)c1ccoc1. The third-order valence-corrected chi connectivity index (χ3v) is 5.48. The number of hydrogen-bond acceptors (Lipinski definition) is 4. The molecule has 2 N–H and O–H groups in total. The molecule has 2 aromatic rings. The number of alkyl halides is 6. The third-order valence-electron chi connectivity index (χ3n) is 5.48. The summed E-state index contributed by atoms with van der Waals surface area (Å²) in [5, 5.41) is 5.54. The summed E-state index contributed by atoms with van der Waals surface area (Å²) in [6.45, 7) is 2.64. The number of piperidine rings is 1. The van der Waals surface area contributed by atoms with Crippen LogP contribution >= 0.6 is 0 Å². The van der Waals surface area contributed by atoms with Crippen molar-refractivity contribution >= 4 is 5.91 Å². The molecule has 2 heterocycles. The molecule has 11 heteroatoms. The minimum Gasteiger partial charge on any atom is -0.472 e. The summed E-state index contributed by atoms with van der Waals surface area (Å²) >= 11 is 0. The maximum atomic E-state index is 13.1. The molecule has 0 saturated carbocycles. The first-order chi connectivity index (χ1) is 15.5. The Morgan fingerprint density at radius 3 is 2.18 bits per heavy atom. The number of carbonyl (C=O) groups excluding carboxylic acids is 1. The van der Waals surface area contributed by atoms with Gasteiger partial charge < -0.3 is 20.0 Å². The lowest BCUT2D eigenvalue weighted by Crippen LogP contribution is -2.41. The summed E-state index contributed by atoms with van der Waals surface area (Å²) < 4.78 is 83.4. The molecule has 182 valence electrons. The number of halogens is 6. The summed E-state index contributed by atoms with van der Waals surface area (Å²) in [6.07, 6.45) is -3.74. The number of hydrogen-bond donors (Lipinski definition) is 2. The van der Waals surface area contributed by atoms with Crippen LogP contribution in [0.25, 0.3) is 0 Å². The smallest absolute Gasteiger partial charge is 0.416 e. The molecule has 0 spiro atoms. The predicted molar refractivity (Wildman–Crippen MR) is 108 cm³/mol. The molecule has 1 unspecified atom stereocenters. The monoisotopic (exact) mass is 477 g/mol. The largest absolute Gasteiger partial charge is 0.472 e. The van der Waals surface area contributed by atoms with E-state index in [2.05, 4.69) is 15.5 Å². The molecule has 1 fully saturated rings. The summed E-state index contributed by atoms with van der Waals surface area (Å²) in [5.41, 5.74) is -2.64. The summed E-state index contributed by atoms with van der Waals surface area (Å²) in [4.78, 5) is 15.1. The summed E-state index contributed by atoms with van der Waals surface area (Å²) in [6, 6.07) is 1.98. The van der Waals surface area contributed by atoms with Gasteiger partial charge in [-0.1, -0.05) is 6.42 Å². The fourth-order valence-corrected chi connectivity index (χ4v) is 3.76. The van der Waals surface area contributed by atoms with E-state index in [1.54, 1.807) is 6.07 Å². The number of nitrogens with one attached hydrogen (secondary N) is 2. The first kappa shape index (κ1) is 25.1. The second-order valence-electron chi connectivity index (χ2n) is 7.98. The molecular formula is C22H25F6N3O2. The van der Waals surface area contributed by atoms with Gasteiger partial charge in [0.25, 0.3) is 0 Å². The quantitative estimate of drug-likeness (QED) is 0.539. The van der Waals surface area contributed by atoms with Crippen molar-refractivity contribution in [1.82, 2.24) is 15.5 Å². The minimum atomic E-state index is -4.95. The number of rotatable bonds is 8. The minimum absolute atomic E-state index is 0.0573. The van der Waals surface area contributed by atoms with Gasteiger partial charge in [0.2, 0.25) is 5.91 Å². The van der Waals surface area contributed by atoms with Gasteiger partial charge in [0.1, 0.15) is 6.04 Å². The van der Waals surface area contributed by atoms with Crippen molar-refractivity contribution in [2.75, 3.05) is 26.2 Å². The molecule has 1 amide bonds. The second kappa shape index (κ2) is 10.6. The Kier molecular flexibility index (Phi) is 8.06. The molecule has 33 heavy (non-hydrogen) atoms. The fourth-order valence-electron chi connectivity index (χ4n) is 3.76. The van der Waals surface area contributed by atoms with Crippen molar-refractivity contribution < 1.29 is 35.6 Å². The molecule has 1 aliphatic heterocycles. The Hall–Kier alpha value is -2.53. The zero-order valence-corrected chi connectivity index (χ0v) is 17.7. The lowest BCUT2D eigenvalue weighted by Gasteiger charge is -2.27. The van der Waals surface area contributed by atoms with Gasteiger partial charge in [0.05, 0.1) is 23.7 Å². The molecule has 1 aromatic carbocycles. The molecule has 0 aliphatic carbocycles. The van der Waals surface area contributed by atoms with E-state index in [0.717, 1.165) is 25.9 Å². The van der Waals surface area contributed by atoms with E-state index in [1.807, 2.05) is 0 Å². The van der Waals surface area contributed by atoms with Crippen LogP contribution in [0.1, 0.15) is 47.6 Å². The third kappa shape index (κ3) is 7.23. The molecule has 0 radical (unpaired) electrons. The lowest BCUT2D eigenvalue weighted by molar-refractivity contribution is -0.143. The van der Waals surface area contributed by atoms with E-state index in [9.17, 15) is 31.1 Å². The topological polar surface area (TPSA) is 57.5 Å². The van der Waals surface area contributed by atoms with Gasteiger partial charge in [-0.3, -0.25) is 4.79 Å². The molecule has 1 aliphatic rings. The number of carbonyl (C=O) groups is 1. The van der Waals surface area contributed by atoms with Gasteiger partial charge in [-0.2, -0.15) is 26.3 Å². The normalized spacial score (nSPS) is 16.5. The molecular weight excluding hydrogens is 452 g/mol. The zero-order chi connectivity index (χ0) is 24.1. The molecule has 0 bridgehead atoms. The maximum absolute atomic E-state index is 13.1. The number of nitrogens with zero attached hydrogens (tertiary/aromatic N) is 1. The number of benzene rings is 1. The number of likely N-dealkylation sites (tertiary alicyclic amines) is 1. The van der Waals surface area contributed by atoms with E-state index in [4.69, 9.17) is 4.42 Å². The van der Waals surface area contributed by atoms with Crippen LogP contribution in [-0.2, 0) is 23.7 Å². The zero-order valence-electron chi connectivity index (χ0n) is 17.7. The highest BCUT2D eigenvalue weighted by Gasteiger charge is 2.37. The van der Waals surface area contributed by atoms with Crippen LogP contribution in [-0.4, -0.2) is 37.0 Å². The van der Waals surface area contributed by atoms with Gasteiger partial charge in [0.15, 0.2) is 0 Å². The van der Waals surface area contributed by atoms with Gasteiger partial charge in [-0.05, 0) is 55.8 Å². The van der Waals surface area contributed by atoms with Crippen molar-refractivity contribution in [2.24, 2.45) is 0 Å². The fraction of sp³-hybridized carbons (Fsp3) is 0.500. The Balaban J connectivity index is 1.68. The average molecular weight is 477 g/mol. The Morgan fingerprint density at radius 1 is 1.00 bits per heavy atom. The molecule has 1 aromatic heterocycles. The van der Waals surface area contributed by atoms with E-state index in [0.29, 0.717) is 30.8 Å². The van der Waals surface area contributed by atoms with Crippen LogP contribution in [0.5, 0.6) is 0 Å². The van der Waals surface area contributed by atoms with Crippen molar-refractivity contribution in [3.05, 3.63) is 59.0 Å². The van der Waals surface area contributed by atoms with Crippen molar-refractivity contribution in [2.45, 2.75) is 44.2 Å². The highest BCUT2D eigenvalue weighted by molar-refractivity contribution is 5.83. The maximum Gasteiger partial charge on any atom is 0.416 e. The highest BCUT2D eigenvalue weighted by Crippen LogP contribution is 2.36. The Morgan fingerprint density at radius 2 is 1.64 bits per heavy atom. The van der Waals surface area contributed by atoms with E-state index >= 15 is 0 Å². The van der Waals surface area contributed by atoms with Gasteiger partial charge in [-0.15, -0.1) is 0 Å². The van der Waals surface area contributed by atoms with Crippen LogP contribution in [0.2, 0.25) is 0 Å². The van der Waals surface area contributed by atoms with E-state index < -0.39 is 42.0 Å². The van der Waals surface area contributed by atoms with Gasteiger partial charge >= 0.3 is 12.4 Å².